The smallest absolute Gasteiger partial charge is 0.129 e. The molecule has 21 heavy (non-hydrogen) atoms. The molecule has 1 N–H and O–H groups in total. The van der Waals surface area contributed by atoms with E-state index in [1.807, 2.05) is 0 Å². The van der Waals surface area contributed by atoms with Gasteiger partial charge in [0.2, 0.25) is 0 Å². The van der Waals surface area contributed by atoms with Crippen LogP contribution in [0.3, 0.4) is 0 Å². The Labute approximate surface area is 133 Å². The fourth-order valence-electron chi connectivity index (χ4n) is 2.61. The van der Waals surface area contributed by atoms with Crippen LogP contribution in [0.2, 0.25) is 0 Å². The quantitative estimate of drug-likeness (QED) is 0.872. The Morgan fingerprint density at radius 3 is 2.90 bits per heavy atom. The van der Waals surface area contributed by atoms with Crippen LogP contribution in [0, 0.1) is 5.92 Å². The maximum absolute atomic E-state index is 4.84. The molecule has 0 spiro atoms. The van der Waals surface area contributed by atoms with E-state index in [2.05, 4.69) is 61.8 Å². The van der Waals surface area contributed by atoms with Crippen LogP contribution in [0.4, 0.5) is 5.82 Å². The summed E-state index contributed by atoms with van der Waals surface area (Å²) in [7, 11) is 0. The molecule has 1 aliphatic heterocycles. The van der Waals surface area contributed by atoms with Crippen molar-refractivity contribution >= 4 is 17.6 Å². The van der Waals surface area contributed by atoms with Crippen LogP contribution in [0.1, 0.15) is 39.0 Å². The first kappa shape index (κ1) is 16.6. The molecule has 1 aromatic heterocycles. The molecule has 0 amide bonds. The Bertz CT molecular complexity index is 448. The molecule has 1 atom stereocenters. The molecule has 0 radical (unpaired) electrons. The maximum Gasteiger partial charge on any atom is 0.129 e. The number of hydrogen-bond donors (Lipinski definition) is 1. The molecule has 1 unspecified atom stereocenters. The Kier molecular flexibility index (Phi) is 6.37. The molecule has 4 heteroatoms. The Balaban J connectivity index is 2.09. The summed E-state index contributed by atoms with van der Waals surface area (Å²) in [5.74, 6) is 3.07. The van der Waals surface area contributed by atoms with Gasteiger partial charge < -0.3 is 10.2 Å². The Hall–Kier alpha value is -0.740. The third-order valence-electron chi connectivity index (χ3n) is 3.73. The zero-order valence-electron chi connectivity index (χ0n) is 13.9. The summed E-state index contributed by atoms with van der Waals surface area (Å²) in [6.07, 6.45) is 1.00. The molecule has 1 aliphatic rings. The highest BCUT2D eigenvalue weighted by atomic mass is 32.2. The van der Waals surface area contributed by atoms with Crippen molar-refractivity contribution in [3.63, 3.8) is 0 Å². The molecule has 118 valence electrons. The third kappa shape index (κ3) is 5.19. The predicted octanol–water partition coefficient (Wildman–Crippen LogP) is 3.33. The molecule has 1 saturated heterocycles. The highest BCUT2D eigenvalue weighted by molar-refractivity contribution is 8.00. The average molecular weight is 308 g/mol. The number of anilines is 1. The van der Waals surface area contributed by atoms with Crippen LogP contribution >= 0.6 is 11.8 Å². The number of nitrogens with zero attached hydrogens (tertiary/aromatic N) is 2. The first-order valence-corrected chi connectivity index (χ1v) is 9.20. The summed E-state index contributed by atoms with van der Waals surface area (Å²) in [5, 5.41) is 4.24. The van der Waals surface area contributed by atoms with Gasteiger partial charge in [-0.25, -0.2) is 4.98 Å². The second kappa shape index (κ2) is 8.04. The van der Waals surface area contributed by atoms with Crippen molar-refractivity contribution in [2.75, 3.05) is 30.3 Å². The summed E-state index contributed by atoms with van der Waals surface area (Å²) in [5.41, 5.74) is 2.57. The second-order valence-corrected chi connectivity index (χ2v) is 7.88. The van der Waals surface area contributed by atoms with Crippen LogP contribution in [-0.2, 0) is 13.0 Å². The van der Waals surface area contributed by atoms with Gasteiger partial charge in [-0.1, -0.05) is 27.7 Å². The van der Waals surface area contributed by atoms with Gasteiger partial charge in [-0.15, -0.1) is 0 Å². The van der Waals surface area contributed by atoms with Crippen LogP contribution in [0.15, 0.2) is 12.1 Å². The van der Waals surface area contributed by atoms with Crippen molar-refractivity contribution in [3.8, 4) is 0 Å². The van der Waals surface area contributed by atoms with Crippen LogP contribution in [0.5, 0.6) is 0 Å². The number of rotatable bonds is 6. The van der Waals surface area contributed by atoms with Crippen molar-refractivity contribution in [1.29, 1.82) is 0 Å². The number of hydrogen-bond acceptors (Lipinski definition) is 4. The largest absolute Gasteiger partial charge is 0.355 e. The lowest BCUT2D eigenvalue weighted by atomic mass is 10.1. The number of nitrogens with one attached hydrogen (secondary N) is 1. The molecule has 2 rings (SSSR count). The fourth-order valence-corrected chi connectivity index (χ4v) is 3.62. The molecule has 0 bridgehead atoms. The topological polar surface area (TPSA) is 28.2 Å². The van der Waals surface area contributed by atoms with E-state index in [0.29, 0.717) is 11.2 Å². The molecule has 0 aromatic carbocycles. The Morgan fingerprint density at radius 1 is 1.43 bits per heavy atom. The predicted molar refractivity (Wildman–Crippen MR) is 94.3 cm³/mol. The summed E-state index contributed by atoms with van der Waals surface area (Å²) in [6.45, 7) is 13.2. The molecule has 0 aliphatic carbocycles. The van der Waals surface area contributed by atoms with Gasteiger partial charge in [-0.05, 0) is 36.6 Å². The van der Waals surface area contributed by atoms with Gasteiger partial charge in [-0.3, -0.25) is 0 Å². The first-order valence-electron chi connectivity index (χ1n) is 8.15. The lowest BCUT2D eigenvalue weighted by Crippen LogP contribution is -2.37. The molecule has 3 nitrogen and oxygen atoms in total. The minimum atomic E-state index is 0.692. The molecular formula is C17H29N3S. The van der Waals surface area contributed by atoms with E-state index in [-0.39, 0.29) is 0 Å². The van der Waals surface area contributed by atoms with Crippen molar-refractivity contribution in [2.45, 2.75) is 45.9 Å². The van der Waals surface area contributed by atoms with E-state index >= 15 is 0 Å². The van der Waals surface area contributed by atoms with Crippen molar-refractivity contribution in [2.24, 2.45) is 5.92 Å². The summed E-state index contributed by atoms with van der Waals surface area (Å²) >= 11 is 2.07. The van der Waals surface area contributed by atoms with Crippen molar-refractivity contribution < 1.29 is 0 Å². The number of pyridine rings is 1. The van der Waals surface area contributed by atoms with Crippen LogP contribution in [-0.4, -0.2) is 35.6 Å². The summed E-state index contributed by atoms with van der Waals surface area (Å²) in [4.78, 5) is 7.29. The molecule has 1 aromatic rings. The van der Waals surface area contributed by atoms with Gasteiger partial charge in [0.15, 0.2) is 0 Å². The minimum Gasteiger partial charge on any atom is -0.355 e. The van der Waals surface area contributed by atoms with Gasteiger partial charge in [0.05, 0.1) is 0 Å². The van der Waals surface area contributed by atoms with Crippen LogP contribution in [0.25, 0.3) is 0 Å². The van der Waals surface area contributed by atoms with Crippen molar-refractivity contribution in [1.82, 2.24) is 10.3 Å². The van der Waals surface area contributed by atoms with Gasteiger partial charge in [0.25, 0.3) is 0 Å². The Morgan fingerprint density at radius 2 is 2.24 bits per heavy atom. The zero-order valence-corrected chi connectivity index (χ0v) is 14.7. The monoisotopic (exact) mass is 307 g/mol. The van der Waals surface area contributed by atoms with Gasteiger partial charge in [0, 0.05) is 36.3 Å². The van der Waals surface area contributed by atoms with E-state index in [0.717, 1.165) is 32.6 Å². The van der Waals surface area contributed by atoms with Crippen LogP contribution < -0.4 is 10.2 Å². The fraction of sp³-hybridized carbons (Fsp3) is 0.706. The van der Waals surface area contributed by atoms with E-state index in [4.69, 9.17) is 4.98 Å². The third-order valence-corrected chi connectivity index (χ3v) is 4.87. The molecule has 1 fully saturated rings. The van der Waals surface area contributed by atoms with E-state index in [1.54, 1.807) is 0 Å². The van der Waals surface area contributed by atoms with E-state index in [9.17, 15) is 0 Å². The van der Waals surface area contributed by atoms with Gasteiger partial charge in [0.1, 0.15) is 5.82 Å². The highest BCUT2D eigenvalue weighted by Gasteiger charge is 2.18. The normalized spacial score (nSPS) is 19.3. The maximum atomic E-state index is 4.84. The number of thioether (sulfide) groups is 1. The lowest BCUT2D eigenvalue weighted by Gasteiger charge is -2.32. The van der Waals surface area contributed by atoms with E-state index in [1.165, 1.54) is 22.8 Å². The summed E-state index contributed by atoms with van der Waals surface area (Å²) < 4.78 is 0. The first-order chi connectivity index (χ1) is 10.1. The second-order valence-electron chi connectivity index (χ2n) is 6.33. The minimum absolute atomic E-state index is 0.692. The zero-order chi connectivity index (χ0) is 15.2. The number of aryl methyl sites for hydroxylation is 1. The molecule has 2 heterocycles. The van der Waals surface area contributed by atoms with Crippen molar-refractivity contribution in [3.05, 3.63) is 23.4 Å². The standard InChI is InChI=1S/C17H29N3S/c1-5-16-8-15(11-18-10-13(2)3)9-17(19-16)20-6-7-21-14(4)12-20/h8-9,13-14,18H,5-7,10-12H2,1-4H3. The van der Waals surface area contributed by atoms with Gasteiger partial charge >= 0.3 is 0 Å². The SMILES string of the molecule is CCc1cc(CNCC(C)C)cc(N2CCSC(C)C2)n1. The average Bonchev–Trinajstić information content (AvgIpc) is 2.46. The highest BCUT2D eigenvalue weighted by Crippen LogP contribution is 2.23. The summed E-state index contributed by atoms with van der Waals surface area (Å²) in [6, 6.07) is 4.52. The number of aromatic nitrogens is 1. The lowest BCUT2D eigenvalue weighted by molar-refractivity contribution is 0.552. The van der Waals surface area contributed by atoms with E-state index < -0.39 is 0 Å². The molecule has 0 saturated carbocycles. The van der Waals surface area contributed by atoms with Gasteiger partial charge in [-0.2, -0.15) is 11.8 Å². The molecular weight excluding hydrogens is 278 g/mol.